The number of hydrogen-bond donors (Lipinski definition) is 2. The molecule has 0 radical (unpaired) electrons. The lowest BCUT2D eigenvalue weighted by molar-refractivity contribution is 0.0748. The molecule has 1 aromatic carbocycles. The molecule has 1 saturated heterocycles. The van der Waals surface area contributed by atoms with Gasteiger partial charge in [-0.1, -0.05) is 18.6 Å². The number of likely N-dealkylation sites (tertiary alicyclic amines) is 1. The van der Waals surface area contributed by atoms with Crippen molar-refractivity contribution in [2.75, 3.05) is 12.3 Å². The second-order valence-electron chi connectivity index (χ2n) is 5.84. The first-order chi connectivity index (χ1) is 9.08. The van der Waals surface area contributed by atoms with E-state index in [1.54, 1.807) is 0 Å². The maximum Gasteiger partial charge on any atom is 0.0803 e. The van der Waals surface area contributed by atoms with Crippen LogP contribution < -0.4 is 5.73 Å². The molecule has 0 saturated carbocycles. The molecule has 1 aliphatic heterocycles. The van der Waals surface area contributed by atoms with Crippen LogP contribution in [0.25, 0.3) is 0 Å². The summed E-state index contributed by atoms with van der Waals surface area (Å²) < 4.78 is 0. The summed E-state index contributed by atoms with van der Waals surface area (Å²) in [5, 5.41) is 10.3. The fraction of sp³-hybridized carbons (Fsp3) is 0.625. The van der Waals surface area contributed by atoms with E-state index in [1.807, 2.05) is 24.3 Å². The summed E-state index contributed by atoms with van der Waals surface area (Å²) in [6.45, 7) is 5.55. The standard InChI is InChI=1S/C16H26N2O/c1-12-5-3-6-13(2)18(12)10-9-16(19)14-7-4-8-15(17)11-14/h4,7-8,11-13,16,19H,3,5-6,9-10,17H2,1-2H3. The lowest BCUT2D eigenvalue weighted by atomic mass is 9.96. The number of aliphatic hydroxyl groups is 1. The Balaban J connectivity index is 1.90. The summed E-state index contributed by atoms with van der Waals surface area (Å²) in [6.07, 6.45) is 4.25. The van der Waals surface area contributed by atoms with E-state index in [-0.39, 0.29) is 0 Å². The van der Waals surface area contributed by atoms with Crippen molar-refractivity contribution in [2.24, 2.45) is 0 Å². The van der Waals surface area contributed by atoms with Gasteiger partial charge in [-0.2, -0.15) is 0 Å². The van der Waals surface area contributed by atoms with Gasteiger partial charge in [-0.3, -0.25) is 4.90 Å². The highest BCUT2D eigenvalue weighted by Crippen LogP contribution is 2.25. The Hall–Kier alpha value is -1.06. The van der Waals surface area contributed by atoms with Crippen molar-refractivity contribution in [3.05, 3.63) is 29.8 Å². The molecule has 2 rings (SSSR count). The highest BCUT2D eigenvalue weighted by atomic mass is 16.3. The number of nitrogens with zero attached hydrogens (tertiary/aromatic N) is 1. The van der Waals surface area contributed by atoms with Crippen molar-refractivity contribution >= 4 is 5.69 Å². The average molecular weight is 262 g/mol. The third-order valence-corrected chi connectivity index (χ3v) is 4.33. The molecule has 1 aliphatic rings. The van der Waals surface area contributed by atoms with E-state index in [4.69, 9.17) is 5.73 Å². The Morgan fingerprint density at radius 1 is 1.32 bits per heavy atom. The maximum atomic E-state index is 10.3. The van der Waals surface area contributed by atoms with Crippen molar-refractivity contribution < 1.29 is 5.11 Å². The zero-order chi connectivity index (χ0) is 13.8. The molecular formula is C16H26N2O. The van der Waals surface area contributed by atoms with Crippen LogP contribution in [0.2, 0.25) is 0 Å². The average Bonchev–Trinajstić information content (AvgIpc) is 2.38. The SMILES string of the molecule is CC1CCCC(C)N1CCC(O)c1cccc(N)c1. The van der Waals surface area contributed by atoms with Gasteiger partial charge < -0.3 is 10.8 Å². The van der Waals surface area contributed by atoms with Crippen LogP contribution in [0.1, 0.15) is 51.2 Å². The number of nitrogens with two attached hydrogens (primary N) is 1. The molecule has 3 nitrogen and oxygen atoms in total. The molecule has 0 bridgehead atoms. The molecule has 3 heteroatoms. The smallest absolute Gasteiger partial charge is 0.0803 e. The molecule has 3 atom stereocenters. The van der Waals surface area contributed by atoms with Gasteiger partial charge in [-0.05, 0) is 50.8 Å². The largest absolute Gasteiger partial charge is 0.399 e. The normalized spacial score (nSPS) is 26.3. The molecule has 106 valence electrons. The zero-order valence-corrected chi connectivity index (χ0v) is 12.0. The predicted molar refractivity (Wildman–Crippen MR) is 79.9 cm³/mol. The number of anilines is 1. The van der Waals surface area contributed by atoms with Crippen LogP contribution in [0.15, 0.2) is 24.3 Å². The maximum absolute atomic E-state index is 10.3. The van der Waals surface area contributed by atoms with Crippen LogP contribution in [-0.2, 0) is 0 Å². The number of rotatable bonds is 4. The summed E-state index contributed by atoms with van der Waals surface area (Å²) in [4.78, 5) is 2.53. The van der Waals surface area contributed by atoms with Gasteiger partial charge in [0.2, 0.25) is 0 Å². The molecule has 0 spiro atoms. The number of hydrogen-bond acceptors (Lipinski definition) is 3. The van der Waals surface area contributed by atoms with Gasteiger partial charge in [0, 0.05) is 24.3 Å². The molecule has 0 aromatic heterocycles. The molecule has 1 fully saturated rings. The van der Waals surface area contributed by atoms with Crippen LogP contribution in [0.5, 0.6) is 0 Å². The number of aliphatic hydroxyl groups excluding tert-OH is 1. The molecule has 3 N–H and O–H groups in total. The van der Waals surface area contributed by atoms with Crippen LogP contribution in [0.3, 0.4) is 0 Å². The van der Waals surface area contributed by atoms with Crippen LogP contribution in [-0.4, -0.2) is 28.6 Å². The van der Waals surface area contributed by atoms with Gasteiger partial charge in [0.05, 0.1) is 6.10 Å². The monoisotopic (exact) mass is 262 g/mol. The van der Waals surface area contributed by atoms with Gasteiger partial charge in [0.25, 0.3) is 0 Å². The second-order valence-corrected chi connectivity index (χ2v) is 5.84. The molecule has 0 aliphatic carbocycles. The summed E-state index contributed by atoms with van der Waals surface area (Å²) >= 11 is 0. The van der Waals surface area contributed by atoms with Gasteiger partial charge >= 0.3 is 0 Å². The van der Waals surface area contributed by atoms with Crippen LogP contribution in [0, 0.1) is 0 Å². The molecule has 0 amide bonds. The number of nitrogen functional groups attached to an aromatic ring is 1. The Bertz CT molecular complexity index is 397. The first-order valence-electron chi connectivity index (χ1n) is 7.37. The third kappa shape index (κ3) is 3.71. The van der Waals surface area contributed by atoms with Gasteiger partial charge in [-0.25, -0.2) is 0 Å². The lowest BCUT2D eigenvalue weighted by Crippen LogP contribution is -2.44. The highest BCUT2D eigenvalue weighted by molar-refractivity contribution is 5.41. The van der Waals surface area contributed by atoms with Crippen molar-refractivity contribution in [3.8, 4) is 0 Å². The predicted octanol–water partition coefficient (Wildman–Crippen LogP) is 2.96. The fourth-order valence-corrected chi connectivity index (χ4v) is 3.12. The van der Waals surface area contributed by atoms with Crippen molar-refractivity contribution in [2.45, 2.75) is 57.7 Å². The van der Waals surface area contributed by atoms with E-state index in [2.05, 4.69) is 18.7 Å². The number of benzene rings is 1. The topological polar surface area (TPSA) is 49.5 Å². The first kappa shape index (κ1) is 14.4. The van der Waals surface area contributed by atoms with E-state index in [0.29, 0.717) is 12.1 Å². The third-order valence-electron chi connectivity index (χ3n) is 4.33. The Labute approximate surface area is 116 Å². The van der Waals surface area contributed by atoms with Gasteiger partial charge in [0.15, 0.2) is 0 Å². The Morgan fingerprint density at radius 3 is 2.63 bits per heavy atom. The number of piperidine rings is 1. The summed E-state index contributed by atoms with van der Waals surface area (Å²) in [5.74, 6) is 0. The summed E-state index contributed by atoms with van der Waals surface area (Å²) in [5.41, 5.74) is 7.40. The highest BCUT2D eigenvalue weighted by Gasteiger charge is 2.24. The van der Waals surface area contributed by atoms with Crippen LogP contribution >= 0.6 is 0 Å². The molecule has 3 unspecified atom stereocenters. The molecular weight excluding hydrogens is 236 g/mol. The Morgan fingerprint density at radius 2 is 2.00 bits per heavy atom. The van der Waals surface area contributed by atoms with E-state index in [1.165, 1.54) is 19.3 Å². The molecule has 1 heterocycles. The van der Waals surface area contributed by atoms with Gasteiger partial charge in [0.1, 0.15) is 0 Å². The second kappa shape index (κ2) is 6.40. The minimum Gasteiger partial charge on any atom is -0.399 e. The fourth-order valence-electron chi connectivity index (χ4n) is 3.12. The van der Waals surface area contributed by atoms with E-state index in [0.717, 1.165) is 24.2 Å². The van der Waals surface area contributed by atoms with Crippen molar-refractivity contribution in [3.63, 3.8) is 0 Å². The Kier molecular flexibility index (Phi) is 4.83. The van der Waals surface area contributed by atoms with Crippen molar-refractivity contribution in [1.29, 1.82) is 0 Å². The summed E-state index contributed by atoms with van der Waals surface area (Å²) in [7, 11) is 0. The van der Waals surface area contributed by atoms with E-state index < -0.39 is 6.10 Å². The minimum atomic E-state index is -0.412. The lowest BCUT2D eigenvalue weighted by Gasteiger charge is -2.39. The minimum absolute atomic E-state index is 0.412. The quantitative estimate of drug-likeness (QED) is 0.820. The molecule has 19 heavy (non-hydrogen) atoms. The van der Waals surface area contributed by atoms with E-state index >= 15 is 0 Å². The zero-order valence-electron chi connectivity index (χ0n) is 12.0. The van der Waals surface area contributed by atoms with Crippen molar-refractivity contribution in [1.82, 2.24) is 4.90 Å². The first-order valence-corrected chi connectivity index (χ1v) is 7.37. The van der Waals surface area contributed by atoms with Crippen LogP contribution in [0.4, 0.5) is 5.69 Å². The van der Waals surface area contributed by atoms with Gasteiger partial charge in [-0.15, -0.1) is 0 Å². The molecule has 1 aromatic rings. The van der Waals surface area contributed by atoms with E-state index in [9.17, 15) is 5.11 Å². The summed E-state index contributed by atoms with van der Waals surface area (Å²) in [6, 6.07) is 8.84.